The van der Waals surface area contributed by atoms with E-state index in [4.69, 9.17) is 5.73 Å². The highest BCUT2D eigenvalue weighted by Gasteiger charge is 2.15. The first kappa shape index (κ1) is 16.3. The van der Waals surface area contributed by atoms with Crippen LogP contribution in [-0.4, -0.2) is 26.9 Å². The summed E-state index contributed by atoms with van der Waals surface area (Å²) in [5, 5.41) is 3.06. The molecule has 0 heterocycles. The van der Waals surface area contributed by atoms with Crippen LogP contribution in [0.3, 0.4) is 0 Å². The molecule has 0 aliphatic rings. The zero-order valence-corrected chi connectivity index (χ0v) is 11.9. The molecule has 1 aromatic carbocycles. The number of nitrogens with zero attached hydrogens (tertiary/aromatic N) is 1. The number of nitrogens with two attached hydrogens (primary N) is 1. The lowest BCUT2D eigenvalue weighted by Gasteiger charge is -2.12. The largest absolute Gasteiger partial charge is 0.404 e. The molecule has 0 aliphatic heterocycles. The van der Waals surface area contributed by atoms with Gasteiger partial charge < -0.3 is 11.1 Å². The van der Waals surface area contributed by atoms with Gasteiger partial charge in [0.15, 0.2) is 0 Å². The number of allylic oxidation sites excluding steroid dienone is 1. The van der Waals surface area contributed by atoms with Crippen molar-refractivity contribution < 1.29 is 8.78 Å². The van der Waals surface area contributed by atoms with Crippen LogP contribution in [0.2, 0.25) is 0 Å². The minimum Gasteiger partial charge on any atom is -0.404 e. The highest BCUT2D eigenvalue weighted by molar-refractivity contribution is 6.10. The third-order valence-electron chi connectivity index (χ3n) is 3.00. The van der Waals surface area contributed by atoms with Crippen LogP contribution in [-0.2, 0) is 6.42 Å². The van der Waals surface area contributed by atoms with Crippen LogP contribution in [0, 0.1) is 0 Å². The first-order valence-corrected chi connectivity index (χ1v) is 6.54. The van der Waals surface area contributed by atoms with Crippen LogP contribution in [0.1, 0.15) is 29.5 Å². The molecule has 0 unspecified atom stereocenters. The highest BCUT2D eigenvalue weighted by Crippen LogP contribution is 2.28. The minimum absolute atomic E-state index is 0.0148. The Morgan fingerprint density at radius 2 is 2.20 bits per heavy atom. The number of halogens is 2. The lowest BCUT2D eigenvalue weighted by atomic mass is 9.96. The Morgan fingerprint density at radius 1 is 1.45 bits per heavy atom. The third-order valence-corrected chi connectivity index (χ3v) is 3.00. The molecule has 0 fully saturated rings. The Balaban J connectivity index is 3.11. The minimum atomic E-state index is -2.53. The molecule has 0 radical (unpaired) electrons. The van der Waals surface area contributed by atoms with Crippen LogP contribution in [0.15, 0.2) is 29.4 Å². The van der Waals surface area contributed by atoms with Gasteiger partial charge in [-0.3, -0.25) is 4.99 Å². The van der Waals surface area contributed by atoms with E-state index in [1.54, 1.807) is 19.2 Å². The van der Waals surface area contributed by atoms with Crippen molar-refractivity contribution >= 4 is 11.8 Å². The molecule has 0 aliphatic carbocycles. The standard InChI is InChI=1S/C15H21F2N3/c1-19-7-3-4-11-5-6-13(15(16)17)14(8-11)12(9-18)10-20-2/h5-6,8-10,15,19H,3-4,7,18H2,1-2H3/b12-9+,20-10?. The fourth-order valence-electron chi connectivity index (χ4n) is 2.01. The van der Waals surface area contributed by atoms with Gasteiger partial charge in [0.1, 0.15) is 0 Å². The van der Waals surface area contributed by atoms with E-state index in [9.17, 15) is 8.78 Å². The maximum absolute atomic E-state index is 13.1. The predicted octanol–water partition coefficient (Wildman–Crippen LogP) is 2.78. The Bertz CT molecular complexity index is 482. The van der Waals surface area contributed by atoms with Crippen molar-refractivity contribution in [3.63, 3.8) is 0 Å². The van der Waals surface area contributed by atoms with E-state index in [-0.39, 0.29) is 5.56 Å². The van der Waals surface area contributed by atoms with E-state index >= 15 is 0 Å². The average molecular weight is 281 g/mol. The quantitative estimate of drug-likeness (QED) is 0.596. The van der Waals surface area contributed by atoms with E-state index in [1.165, 1.54) is 18.5 Å². The molecule has 0 aromatic heterocycles. The van der Waals surface area contributed by atoms with Gasteiger partial charge in [0, 0.05) is 30.6 Å². The molecule has 20 heavy (non-hydrogen) atoms. The molecule has 0 bridgehead atoms. The van der Waals surface area contributed by atoms with Crippen molar-refractivity contribution in [2.24, 2.45) is 10.7 Å². The summed E-state index contributed by atoms with van der Waals surface area (Å²) < 4.78 is 26.2. The highest BCUT2D eigenvalue weighted by atomic mass is 19.3. The molecule has 0 amide bonds. The first-order chi connectivity index (χ1) is 9.63. The van der Waals surface area contributed by atoms with Crippen molar-refractivity contribution in [1.82, 2.24) is 5.32 Å². The number of hydrogen-bond acceptors (Lipinski definition) is 3. The molecule has 0 saturated heterocycles. The Morgan fingerprint density at radius 3 is 2.75 bits per heavy atom. The second kappa shape index (κ2) is 8.43. The number of aryl methyl sites for hydroxylation is 1. The molecule has 0 saturated carbocycles. The van der Waals surface area contributed by atoms with Gasteiger partial charge >= 0.3 is 0 Å². The van der Waals surface area contributed by atoms with E-state index in [2.05, 4.69) is 10.3 Å². The van der Waals surface area contributed by atoms with Gasteiger partial charge in [-0.1, -0.05) is 18.2 Å². The van der Waals surface area contributed by atoms with Gasteiger partial charge in [-0.15, -0.1) is 0 Å². The van der Waals surface area contributed by atoms with E-state index in [0.717, 1.165) is 24.9 Å². The van der Waals surface area contributed by atoms with E-state index in [1.807, 2.05) is 7.05 Å². The summed E-state index contributed by atoms with van der Waals surface area (Å²) in [6.45, 7) is 0.891. The number of hydrogen-bond donors (Lipinski definition) is 2. The first-order valence-electron chi connectivity index (χ1n) is 6.54. The second-order valence-corrected chi connectivity index (χ2v) is 4.44. The van der Waals surface area contributed by atoms with Gasteiger partial charge in [0.05, 0.1) is 0 Å². The van der Waals surface area contributed by atoms with E-state index < -0.39 is 6.43 Å². The van der Waals surface area contributed by atoms with Gasteiger partial charge in [-0.05, 0) is 37.6 Å². The number of nitrogens with one attached hydrogen (secondary N) is 1. The number of aliphatic imine (C=N–C) groups is 1. The smallest absolute Gasteiger partial charge is 0.264 e. The van der Waals surface area contributed by atoms with Crippen molar-refractivity contribution in [3.8, 4) is 0 Å². The lowest BCUT2D eigenvalue weighted by Crippen LogP contribution is -2.08. The molecular formula is C15H21F2N3. The van der Waals surface area contributed by atoms with Crippen molar-refractivity contribution in [3.05, 3.63) is 41.1 Å². The normalized spacial score (nSPS) is 12.6. The summed E-state index contributed by atoms with van der Waals surface area (Å²) in [6.07, 6.45) is 2.06. The number of benzene rings is 1. The number of alkyl halides is 2. The Kier molecular flexibility index (Phi) is 6.87. The van der Waals surface area contributed by atoms with Crippen LogP contribution < -0.4 is 11.1 Å². The van der Waals surface area contributed by atoms with Crippen LogP contribution >= 0.6 is 0 Å². The van der Waals surface area contributed by atoms with Crippen LogP contribution in [0.4, 0.5) is 8.78 Å². The summed E-state index contributed by atoms with van der Waals surface area (Å²) in [5.41, 5.74) is 7.49. The molecule has 0 spiro atoms. The van der Waals surface area contributed by atoms with Gasteiger partial charge in [0.25, 0.3) is 6.43 Å². The lowest BCUT2D eigenvalue weighted by molar-refractivity contribution is 0.151. The van der Waals surface area contributed by atoms with Crippen molar-refractivity contribution in [1.29, 1.82) is 0 Å². The van der Waals surface area contributed by atoms with Crippen LogP contribution in [0.5, 0.6) is 0 Å². The maximum Gasteiger partial charge on any atom is 0.264 e. The number of rotatable bonds is 7. The molecule has 110 valence electrons. The zero-order chi connectivity index (χ0) is 15.0. The second-order valence-electron chi connectivity index (χ2n) is 4.44. The van der Waals surface area contributed by atoms with Crippen LogP contribution in [0.25, 0.3) is 5.57 Å². The van der Waals surface area contributed by atoms with E-state index in [0.29, 0.717) is 11.1 Å². The predicted molar refractivity (Wildman–Crippen MR) is 80.2 cm³/mol. The van der Waals surface area contributed by atoms with Crippen molar-refractivity contribution in [2.45, 2.75) is 19.3 Å². The fraction of sp³-hybridized carbons (Fsp3) is 0.400. The summed E-state index contributed by atoms with van der Waals surface area (Å²) in [5.74, 6) is 0. The summed E-state index contributed by atoms with van der Waals surface area (Å²) in [7, 11) is 3.47. The average Bonchev–Trinajstić information content (AvgIpc) is 2.44. The maximum atomic E-state index is 13.1. The molecule has 1 aromatic rings. The Hall–Kier alpha value is -1.75. The van der Waals surface area contributed by atoms with Gasteiger partial charge in [-0.2, -0.15) is 0 Å². The molecule has 5 heteroatoms. The molecule has 3 N–H and O–H groups in total. The van der Waals surface area contributed by atoms with Crippen molar-refractivity contribution in [2.75, 3.05) is 20.6 Å². The molecule has 3 nitrogen and oxygen atoms in total. The van der Waals surface area contributed by atoms with Gasteiger partial charge in [0.2, 0.25) is 0 Å². The van der Waals surface area contributed by atoms with Gasteiger partial charge in [-0.25, -0.2) is 8.78 Å². The monoisotopic (exact) mass is 281 g/mol. The summed E-state index contributed by atoms with van der Waals surface area (Å²) >= 11 is 0. The molecule has 0 atom stereocenters. The summed E-state index contributed by atoms with van der Waals surface area (Å²) in [6, 6.07) is 5.00. The topological polar surface area (TPSA) is 50.4 Å². The summed E-state index contributed by atoms with van der Waals surface area (Å²) in [4.78, 5) is 3.86. The fourth-order valence-corrected chi connectivity index (χ4v) is 2.01. The SMILES string of the molecule is CN=C/C(=C\N)c1cc(CCCNC)ccc1C(F)F. The third kappa shape index (κ3) is 4.42. The Labute approximate surface area is 118 Å². The molecule has 1 rings (SSSR count). The zero-order valence-electron chi connectivity index (χ0n) is 11.9. The molecular weight excluding hydrogens is 260 g/mol.